The van der Waals surface area contributed by atoms with Crippen molar-refractivity contribution in [2.75, 3.05) is 0 Å². The first-order chi connectivity index (χ1) is 22.3. The summed E-state index contributed by atoms with van der Waals surface area (Å²) in [6.07, 6.45) is 5.94. The summed E-state index contributed by atoms with van der Waals surface area (Å²) >= 11 is 0. The molecule has 1 unspecified atom stereocenters. The fourth-order valence-corrected chi connectivity index (χ4v) is 6.32. The topological polar surface area (TPSA) is 56.7 Å². The Bertz CT molecular complexity index is 1750. The Hall–Kier alpha value is -4.87. The van der Waals surface area contributed by atoms with Crippen LogP contribution in [0, 0.1) is 11.2 Å². The summed E-state index contributed by atoms with van der Waals surface area (Å²) < 4.78 is 15.8. The van der Waals surface area contributed by atoms with E-state index in [1.54, 1.807) is 6.07 Å². The number of pyridine rings is 1. The van der Waals surface area contributed by atoms with Crippen LogP contribution in [0.4, 0.5) is 4.39 Å². The van der Waals surface area contributed by atoms with Gasteiger partial charge in [0.25, 0.3) is 0 Å². The van der Waals surface area contributed by atoms with Crippen LogP contribution in [0.15, 0.2) is 140 Å². The molecule has 0 spiro atoms. The number of hydrogen-bond acceptors (Lipinski definition) is 3. The lowest BCUT2D eigenvalue weighted by atomic mass is 9.76. The first-order valence-corrected chi connectivity index (χ1v) is 16.0. The van der Waals surface area contributed by atoms with Crippen molar-refractivity contribution >= 4 is 0 Å². The predicted molar refractivity (Wildman–Crippen MR) is 185 cm³/mol. The Balaban J connectivity index is 1.50. The Kier molecular flexibility index (Phi) is 8.96. The van der Waals surface area contributed by atoms with E-state index in [1.165, 1.54) is 12.3 Å². The molecule has 2 N–H and O–H groups in total. The molecule has 4 nitrogen and oxygen atoms in total. The van der Waals surface area contributed by atoms with E-state index in [0.29, 0.717) is 6.42 Å². The molecule has 2 aromatic heterocycles. The van der Waals surface area contributed by atoms with Gasteiger partial charge in [0.15, 0.2) is 0 Å². The third kappa shape index (κ3) is 6.29. The van der Waals surface area contributed by atoms with Gasteiger partial charge >= 0.3 is 0 Å². The molecule has 0 radical (unpaired) electrons. The van der Waals surface area contributed by atoms with Gasteiger partial charge in [0, 0.05) is 24.2 Å². The first kappa shape index (κ1) is 31.1. The van der Waals surface area contributed by atoms with E-state index in [0.717, 1.165) is 57.9 Å². The van der Waals surface area contributed by atoms with Crippen LogP contribution in [0.5, 0.6) is 0 Å². The molecule has 2 heterocycles. The van der Waals surface area contributed by atoms with Crippen LogP contribution in [0.2, 0.25) is 0 Å². The summed E-state index contributed by atoms with van der Waals surface area (Å²) in [4.78, 5) is 9.60. The van der Waals surface area contributed by atoms with Gasteiger partial charge < -0.3 is 10.3 Å². The van der Waals surface area contributed by atoms with Crippen molar-refractivity contribution in [3.05, 3.63) is 179 Å². The molecule has 0 fully saturated rings. The van der Waals surface area contributed by atoms with Gasteiger partial charge in [-0.1, -0.05) is 142 Å². The van der Waals surface area contributed by atoms with Crippen molar-refractivity contribution in [1.29, 1.82) is 0 Å². The highest BCUT2D eigenvalue weighted by atomic mass is 19.1. The molecular formula is C41H41FN4. The molecule has 0 saturated carbocycles. The van der Waals surface area contributed by atoms with Crippen LogP contribution in [-0.4, -0.2) is 14.5 Å². The largest absolute Gasteiger partial charge is 0.324 e. The lowest BCUT2D eigenvalue weighted by molar-refractivity contribution is 0.345. The van der Waals surface area contributed by atoms with Gasteiger partial charge in [0.05, 0.1) is 17.6 Å². The summed E-state index contributed by atoms with van der Waals surface area (Å²) in [6, 6.07) is 43.0. The molecule has 0 aliphatic rings. The van der Waals surface area contributed by atoms with Crippen LogP contribution < -0.4 is 5.73 Å². The minimum Gasteiger partial charge on any atom is -0.324 e. The molecule has 0 aliphatic carbocycles. The number of aromatic nitrogens is 3. The fraction of sp³-hybridized carbons (Fsp3) is 0.220. The van der Waals surface area contributed by atoms with E-state index in [9.17, 15) is 4.39 Å². The van der Waals surface area contributed by atoms with E-state index < -0.39 is 5.54 Å². The lowest BCUT2D eigenvalue weighted by Gasteiger charge is -2.39. The van der Waals surface area contributed by atoms with Gasteiger partial charge in [-0.15, -0.1) is 0 Å². The van der Waals surface area contributed by atoms with Crippen LogP contribution >= 0.6 is 0 Å². The molecule has 5 heteroatoms. The van der Waals surface area contributed by atoms with E-state index in [2.05, 4.69) is 128 Å². The summed E-state index contributed by atoms with van der Waals surface area (Å²) in [7, 11) is 0. The zero-order valence-corrected chi connectivity index (χ0v) is 26.8. The monoisotopic (exact) mass is 608 g/mol. The molecule has 0 saturated heterocycles. The van der Waals surface area contributed by atoms with Crippen LogP contribution in [0.3, 0.4) is 0 Å². The standard InChI is InChI=1S/C41H41FN4/c1-4-40(2,3)27-36-29-46(39(45-36)26-37(43)30-20-22-31(23-21-30)38-25-24-35(42)28-44-38)41(32-14-8-5-9-15-32,33-16-10-6-11-17-33)34-18-12-7-13-19-34/h5-25,28-29,37H,4,26-27,43H2,1-3H3. The molecule has 232 valence electrons. The predicted octanol–water partition coefficient (Wildman–Crippen LogP) is 9.15. The molecule has 0 aliphatic heterocycles. The second kappa shape index (κ2) is 13.2. The minimum absolute atomic E-state index is 0.0949. The molecule has 6 aromatic rings. The zero-order valence-electron chi connectivity index (χ0n) is 26.8. The van der Waals surface area contributed by atoms with E-state index in [1.807, 2.05) is 24.3 Å². The Morgan fingerprint density at radius 3 is 1.76 bits per heavy atom. The lowest BCUT2D eigenvalue weighted by Crippen LogP contribution is -2.39. The van der Waals surface area contributed by atoms with Gasteiger partial charge in [0.1, 0.15) is 17.2 Å². The smallest absolute Gasteiger partial charge is 0.141 e. The second-order valence-electron chi connectivity index (χ2n) is 12.8. The Morgan fingerprint density at radius 2 is 1.28 bits per heavy atom. The van der Waals surface area contributed by atoms with E-state index >= 15 is 0 Å². The van der Waals surface area contributed by atoms with Crippen LogP contribution in [-0.2, 0) is 18.4 Å². The quantitative estimate of drug-likeness (QED) is 0.149. The maximum absolute atomic E-state index is 13.4. The van der Waals surface area contributed by atoms with Gasteiger partial charge in [-0.3, -0.25) is 4.98 Å². The number of rotatable bonds is 11. The number of hydrogen-bond donors (Lipinski definition) is 1. The van der Waals surface area contributed by atoms with Crippen molar-refractivity contribution < 1.29 is 4.39 Å². The summed E-state index contributed by atoms with van der Waals surface area (Å²) in [5, 5.41) is 0. The number of halogens is 1. The summed E-state index contributed by atoms with van der Waals surface area (Å²) in [6.45, 7) is 6.84. The molecule has 46 heavy (non-hydrogen) atoms. The number of nitrogens with two attached hydrogens (primary N) is 1. The van der Waals surface area contributed by atoms with Gasteiger partial charge in [-0.05, 0) is 46.2 Å². The number of imidazole rings is 1. The average Bonchev–Trinajstić information content (AvgIpc) is 3.48. The van der Waals surface area contributed by atoms with Crippen LogP contribution in [0.1, 0.15) is 67.0 Å². The van der Waals surface area contributed by atoms with Crippen molar-refractivity contribution in [3.63, 3.8) is 0 Å². The maximum atomic E-state index is 13.4. The third-order valence-electron chi connectivity index (χ3n) is 9.15. The third-order valence-corrected chi connectivity index (χ3v) is 9.15. The normalized spacial score (nSPS) is 12.6. The first-order valence-electron chi connectivity index (χ1n) is 16.0. The van der Waals surface area contributed by atoms with Gasteiger partial charge in [-0.2, -0.15) is 0 Å². The zero-order chi connectivity index (χ0) is 32.1. The highest BCUT2D eigenvalue weighted by Gasteiger charge is 2.40. The molecule has 4 aromatic carbocycles. The average molecular weight is 609 g/mol. The molecule has 6 rings (SSSR count). The molecule has 0 amide bonds. The van der Waals surface area contributed by atoms with Gasteiger partial charge in [0.2, 0.25) is 0 Å². The Labute approximate surface area is 271 Å². The Morgan fingerprint density at radius 1 is 0.739 bits per heavy atom. The van der Waals surface area contributed by atoms with Crippen molar-refractivity contribution in [2.45, 2.75) is 51.6 Å². The number of benzene rings is 4. The van der Waals surface area contributed by atoms with Crippen LogP contribution in [0.25, 0.3) is 11.3 Å². The number of nitrogens with zero attached hydrogens (tertiary/aromatic N) is 3. The van der Waals surface area contributed by atoms with Crippen molar-refractivity contribution in [1.82, 2.24) is 14.5 Å². The SMILES string of the molecule is CCC(C)(C)Cc1cn(C(c2ccccc2)(c2ccccc2)c2ccccc2)c(CC(N)c2ccc(-c3ccc(F)cn3)cc2)n1. The van der Waals surface area contributed by atoms with E-state index in [4.69, 9.17) is 10.7 Å². The van der Waals surface area contributed by atoms with E-state index in [-0.39, 0.29) is 17.3 Å². The minimum atomic E-state index is -0.682. The highest BCUT2D eigenvalue weighted by molar-refractivity contribution is 5.59. The molecular weight excluding hydrogens is 567 g/mol. The van der Waals surface area contributed by atoms with Crippen molar-refractivity contribution in [2.24, 2.45) is 11.1 Å². The molecule has 0 bridgehead atoms. The summed E-state index contributed by atoms with van der Waals surface area (Å²) in [5.74, 6) is 0.576. The maximum Gasteiger partial charge on any atom is 0.141 e. The molecule has 1 atom stereocenters. The second-order valence-corrected chi connectivity index (χ2v) is 12.8. The highest BCUT2D eigenvalue weighted by Crippen LogP contribution is 2.42. The van der Waals surface area contributed by atoms with Gasteiger partial charge in [-0.25, -0.2) is 9.37 Å². The van der Waals surface area contributed by atoms with Crippen molar-refractivity contribution in [3.8, 4) is 11.3 Å². The summed E-state index contributed by atoms with van der Waals surface area (Å²) in [5.41, 5.74) is 13.6. The fourth-order valence-electron chi connectivity index (χ4n) is 6.32.